The number of nitrogens with one attached hydrogen (secondary N) is 1. The van der Waals surface area contributed by atoms with Gasteiger partial charge in [-0.1, -0.05) is 53.0 Å². The van der Waals surface area contributed by atoms with E-state index >= 15 is 0 Å². The third-order valence-corrected chi connectivity index (χ3v) is 5.17. The Bertz CT molecular complexity index is 1260. The van der Waals surface area contributed by atoms with Crippen LogP contribution in [0.15, 0.2) is 66.2 Å². The lowest BCUT2D eigenvalue weighted by molar-refractivity contribution is -0.112. The van der Waals surface area contributed by atoms with E-state index < -0.39 is 11.9 Å². The molecule has 0 spiro atoms. The smallest absolute Gasteiger partial charge is 0.335 e. The zero-order chi connectivity index (χ0) is 24.0. The number of carboxylic acid groups (broad SMARTS) is 1. The standard InChI is InChI=1S/C24H15Cl3N2O4/c25-18-6-4-14(5-7-18)13-33-22-20(26)9-15(10-21(22)27)8-17(12-28)23(30)29-19-3-1-2-16(11-19)24(31)32/h1-11H,13H2,(H,29,30)(H,31,32)/b17-8-. The minimum atomic E-state index is -1.13. The molecule has 0 fully saturated rings. The molecule has 0 saturated carbocycles. The molecule has 3 aromatic rings. The number of carbonyl (C=O) groups excluding carboxylic acids is 1. The molecule has 2 N–H and O–H groups in total. The zero-order valence-electron chi connectivity index (χ0n) is 16.8. The van der Waals surface area contributed by atoms with Gasteiger partial charge in [-0.05, 0) is 59.7 Å². The number of anilines is 1. The first-order chi connectivity index (χ1) is 15.8. The molecule has 0 unspecified atom stereocenters. The SMILES string of the molecule is N#C/C(=C/c1cc(Cl)c(OCc2ccc(Cl)cc2)c(Cl)c1)C(=O)Nc1cccc(C(=O)O)c1. The molecule has 166 valence electrons. The maximum atomic E-state index is 12.5. The van der Waals surface area contributed by atoms with Crippen molar-refractivity contribution in [2.24, 2.45) is 0 Å². The molecule has 3 rings (SSSR count). The highest BCUT2D eigenvalue weighted by Gasteiger charge is 2.14. The van der Waals surface area contributed by atoms with Gasteiger partial charge in [-0.15, -0.1) is 0 Å². The molecule has 33 heavy (non-hydrogen) atoms. The number of carbonyl (C=O) groups is 2. The van der Waals surface area contributed by atoms with E-state index in [4.69, 9.17) is 44.6 Å². The van der Waals surface area contributed by atoms with Gasteiger partial charge in [-0.3, -0.25) is 4.79 Å². The summed E-state index contributed by atoms with van der Waals surface area (Å²) in [5.41, 5.74) is 1.30. The molecule has 0 heterocycles. The number of aromatic carboxylic acids is 1. The number of carboxylic acids is 1. The number of rotatable bonds is 7. The molecule has 0 aliphatic heterocycles. The van der Waals surface area contributed by atoms with Gasteiger partial charge >= 0.3 is 5.97 Å². The van der Waals surface area contributed by atoms with Crippen molar-refractivity contribution in [2.75, 3.05) is 5.32 Å². The van der Waals surface area contributed by atoms with Crippen LogP contribution in [0, 0.1) is 11.3 Å². The molecule has 0 aromatic heterocycles. The van der Waals surface area contributed by atoms with E-state index in [2.05, 4.69) is 5.32 Å². The van der Waals surface area contributed by atoms with E-state index in [-0.39, 0.29) is 39.2 Å². The molecule has 9 heteroatoms. The van der Waals surface area contributed by atoms with Crippen LogP contribution >= 0.6 is 34.8 Å². The number of amides is 1. The lowest BCUT2D eigenvalue weighted by atomic mass is 10.1. The third-order valence-electron chi connectivity index (χ3n) is 4.36. The largest absolute Gasteiger partial charge is 0.486 e. The predicted octanol–water partition coefficient (Wildman–Crippen LogP) is 6.47. The van der Waals surface area contributed by atoms with Gasteiger partial charge in [0.2, 0.25) is 0 Å². The summed E-state index contributed by atoms with van der Waals surface area (Å²) in [6.45, 7) is 0.215. The van der Waals surface area contributed by atoms with E-state index in [1.54, 1.807) is 12.1 Å². The van der Waals surface area contributed by atoms with Crippen LogP contribution in [0.4, 0.5) is 5.69 Å². The van der Waals surface area contributed by atoms with Crippen molar-refractivity contribution in [3.63, 3.8) is 0 Å². The zero-order valence-corrected chi connectivity index (χ0v) is 19.1. The van der Waals surface area contributed by atoms with Gasteiger partial charge in [0.25, 0.3) is 5.91 Å². The molecule has 0 saturated heterocycles. The molecular formula is C24H15Cl3N2O4. The number of nitriles is 1. The van der Waals surface area contributed by atoms with Gasteiger partial charge < -0.3 is 15.2 Å². The predicted molar refractivity (Wildman–Crippen MR) is 128 cm³/mol. The van der Waals surface area contributed by atoms with E-state index in [0.717, 1.165) is 5.56 Å². The summed E-state index contributed by atoms with van der Waals surface area (Å²) in [7, 11) is 0. The highest BCUT2D eigenvalue weighted by Crippen LogP contribution is 2.35. The minimum Gasteiger partial charge on any atom is -0.486 e. The number of halogens is 3. The fourth-order valence-electron chi connectivity index (χ4n) is 2.78. The highest BCUT2D eigenvalue weighted by atomic mass is 35.5. The van der Waals surface area contributed by atoms with Crippen LogP contribution < -0.4 is 10.1 Å². The van der Waals surface area contributed by atoms with Crippen LogP contribution in [0.2, 0.25) is 15.1 Å². The first-order valence-electron chi connectivity index (χ1n) is 9.39. The summed E-state index contributed by atoms with van der Waals surface area (Å²) in [4.78, 5) is 23.6. The van der Waals surface area contributed by atoms with E-state index in [1.165, 1.54) is 42.5 Å². The fourth-order valence-corrected chi connectivity index (χ4v) is 3.52. The van der Waals surface area contributed by atoms with Gasteiger partial charge in [0.1, 0.15) is 18.2 Å². The molecule has 0 radical (unpaired) electrons. The topological polar surface area (TPSA) is 99.4 Å². The summed E-state index contributed by atoms with van der Waals surface area (Å²) in [6, 6.07) is 17.6. The average Bonchev–Trinajstić information content (AvgIpc) is 2.78. The van der Waals surface area contributed by atoms with Gasteiger partial charge in [-0.25, -0.2) is 4.79 Å². The molecule has 0 atom stereocenters. The van der Waals surface area contributed by atoms with Crippen LogP contribution in [0.5, 0.6) is 5.75 Å². The Kier molecular flexibility index (Phi) is 7.96. The Morgan fingerprint density at radius 2 is 1.70 bits per heavy atom. The highest BCUT2D eigenvalue weighted by molar-refractivity contribution is 6.37. The maximum absolute atomic E-state index is 12.5. The number of benzene rings is 3. The van der Waals surface area contributed by atoms with Gasteiger partial charge in [0.15, 0.2) is 5.75 Å². The van der Waals surface area contributed by atoms with Crippen molar-refractivity contribution in [1.82, 2.24) is 0 Å². The van der Waals surface area contributed by atoms with E-state index in [0.29, 0.717) is 10.6 Å². The van der Waals surface area contributed by atoms with Crippen LogP contribution in [-0.2, 0) is 11.4 Å². The van der Waals surface area contributed by atoms with Crippen molar-refractivity contribution in [3.05, 3.63) is 98.0 Å². The Balaban J connectivity index is 1.77. The monoisotopic (exact) mass is 500 g/mol. The third kappa shape index (κ3) is 6.50. The minimum absolute atomic E-state index is 0.00281. The number of hydrogen-bond donors (Lipinski definition) is 2. The van der Waals surface area contributed by atoms with E-state index in [1.807, 2.05) is 18.2 Å². The van der Waals surface area contributed by atoms with Gasteiger partial charge in [0, 0.05) is 10.7 Å². The van der Waals surface area contributed by atoms with Crippen molar-refractivity contribution >= 4 is 58.4 Å². The summed E-state index contributed by atoms with van der Waals surface area (Å²) in [5.74, 6) is -1.58. The maximum Gasteiger partial charge on any atom is 0.335 e. The van der Waals surface area contributed by atoms with Crippen LogP contribution in [0.3, 0.4) is 0 Å². The van der Waals surface area contributed by atoms with Gasteiger partial charge in [-0.2, -0.15) is 5.26 Å². The number of nitrogens with zero attached hydrogens (tertiary/aromatic N) is 1. The second kappa shape index (κ2) is 10.9. The van der Waals surface area contributed by atoms with E-state index in [9.17, 15) is 14.9 Å². The molecule has 0 aliphatic carbocycles. The molecule has 0 bridgehead atoms. The summed E-state index contributed by atoms with van der Waals surface area (Å²) >= 11 is 18.5. The Labute approximate surface area is 204 Å². The lowest BCUT2D eigenvalue weighted by Gasteiger charge is -2.11. The second-order valence-electron chi connectivity index (χ2n) is 6.74. The lowest BCUT2D eigenvalue weighted by Crippen LogP contribution is -2.14. The Morgan fingerprint density at radius 1 is 1.03 bits per heavy atom. The molecule has 0 aliphatic rings. The second-order valence-corrected chi connectivity index (χ2v) is 7.99. The Hall–Kier alpha value is -3.50. The first kappa shape index (κ1) is 24.1. The van der Waals surface area contributed by atoms with Gasteiger partial charge in [0.05, 0.1) is 15.6 Å². The first-order valence-corrected chi connectivity index (χ1v) is 10.5. The number of ether oxygens (including phenoxy) is 1. The van der Waals surface area contributed by atoms with Crippen LogP contribution in [-0.4, -0.2) is 17.0 Å². The summed E-state index contributed by atoms with van der Waals surface area (Å²) < 4.78 is 5.72. The fraction of sp³-hybridized carbons (Fsp3) is 0.0417. The van der Waals surface area contributed by atoms with Crippen LogP contribution in [0.25, 0.3) is 6.08 Å². The van der Waals surface area contributed by atoms with Crippen LogP contribution in [0.1, 0.15) is 21.5 Å². The summed E-state index contributed by atoms with van der Waals surface area (Å²) in [5, 5.41) is 22.0. The summed E-state index contributed by atoms with van der Waals surface area (Å²) in [6.07, 6.45) is 1.32. The Morgan fingerprint density at radius 3 is 2.30 bits per heavy atom. The molecular weight excluding hydrogens is 487 g/mol. The van der Waals surface area contributed by atoms with Crippen molar-refractivity contribution in [3.8, 4) is 11.8 Å². The van der Waals surface area contributed by atoms with Crippen molar-refractivity contribution in [2.45, 2.75) is 6.61 Å². The number of hydrogen-bond acceptors (Lipinski definition) is 4. The molecule has 1 amide bonds. The molecule has 3 aromatic carbocycles. The average molecular weight is 502 g/mol. The normalized spacial score (nSPS) is 10.9. The quantitative estimate of drug-likeness (QED) is 0.285. The van der Waals surface area contributed by atoms with Crippen molar-refractivity contribution < 1.29 is 19.4 Å². The van der Waals surface area contributed by atoms with Crippen molar-refractivity contribution in [1.29, 1.82) is 5.26 Å². The molecule has 6 nitrogen and oxygen atoms in total.